The fraction of sp³-hybridized carbons (Fsp3) is 0.286. The minimum atomic E-state index is 0.630. The molecule has 1 fully saturated rings. The SMILES string of the molecule is O=Cc1ccc(Cl)cc1-c1cnn(CC2CC2)c1. The van der Waals surface area contributed by atoms with Crippen LogP contribution in [-0.4, -0.2) is 16.1 Å². The second-order valence-corrected chi connectivity index (χ2v) is 5.18. The molecule has 1 aromatic carbocycles. The highest BCUT2D eigenvalue weighted by Gasteiger charge is 2.22. The van der Waals surface area contributed by atoms with Crippen molar-refractivity contribution in [3.63, 3.8) is 0 Å². The number of carbonyl (C=O) groups is 1. The first-order valence-corrected chi connectivity index (χ1v) is 6.41. The predicted octanol–water partition coefficient (Wildman–Crippen LogP) is 3.43. The molecule has 18 heavy (non-hydrogen) atoms. The van der Waals surface area contributed by atoms with E-state index in [2.05, 4.69) is 5.10 Å². The van der Waals surface area contributed by atoms with Gasteiger partial charge in [-0.05, 0) is 42.5 Å². The summed E-state index contributed by atoms with van der Waals surface area (Å²) >= 11 is 5.98. The van der Waals surface area contributed by atoms with Crippen molar-refractivity contribution in [3.05, 3.63) is 41.2 Å². The van der Waals surface area contributed by atoms with E-state index in [1.165, 1.54) is 12.8 Å². The van der Waals surface area contributed by atoms with Crippen LogP contribution in [0, 0.1) is 5.92 Å². The van der Waals surface area contributed by atoms with Crippen LogP contribution in [0.5, 0.6) is 0 Å². The number of rotatable bonds is 4. The van der Waals surface area contributed by atoms with Gasteiger partial charge in [-0.1, -0.05) is 11.6 Å². The third-order valence-electron chi connectivity index (χ3n) is 3.23. The Morgan fingerprint density at radius 1 is 1.44 bits per heavy atom. The van der Waals surface area contributed by atoms with Crippen LogP contribution < -0.4 is 0 Å². The lowest BCUT2D eigenvalue weighted by molar-refractivity contribution is 0.112. The summed E-state index contributed by atoms with van der Waals surface area (Å²) in [5.74, 6) is 0.780. The molecule has 1 aliphatic rings. The van der Waals surface area contributed by atoms with Gasteiger partial charge in [0, 0.05) is 28.9 Å². The van der Waals surface area contributed by atoms with Crippen molar-refractivity contribution in [1.29, 1.82) is 0 Å². The Hall–Kier alpha value is -1.61. The maximum absolute atomic E-state index is 11.0. The highest BCUT2D eigenvalue weighted by atomic mass is 35.5. The fourth-order valence-corrected chi connectivity index (χ4v) is 2.22. The summed E-state index contributed by atoms with van der Waals surface area (Å²) in [5.41, 5.74) is 2.44. The predicted molar refractivity (Wildman–Crippen MR) is 70.8 cm³/mol. The number of aromatic nitrogens is 2. The van der Waals surface area contributed by atoms with E-state index < -0.39 is 0 Å². The minimum absolute atomic E-state index is 0.630. The molecule has 1 aliphatic carbocycles. The molecule has 0 saturated heterocycles. The summed E-state index contributed by atoms with van der Waals surface area (Å²) in [6.07, 6.45) is 7.22. The standard InChI is InChI=1S/C14H13ClN2O/c15-13-4-3-11(9-18)14(5-13)12-6-16-17(8-12)7-10-1-2-10/h3-6,8-10H,1-2,7H2. The number of hydrogen-bond acceptors (Lipinski definition) is 2. The van der Waals surface area contributed by atoms with Crippen molar-refractivity contribution in [2.24, 2.45) is 5.92 Å². The number of halogens is 1. The zero-order chi connectivity index (χ0) is 12.5. The number of carbonyl (C=O) groups excluding carboxylic acids is 1. The van der Waals surface area contributed by atoms with E-state index in [-0.39, 0.29) is 0 Å². The summed E-state index contributed by atoms with van der Waals surface area (Å²) < 4.78 is 1.95. The molecule has 1 aromatic heterocycles. The molecule has 0 N–H and O–H groups in total. The zero-order valence-corrected chi connectivity index (χ0v) is 10.6. The molecular weight excluding hydrogens is 248 g/mol. The second kappa shape index (κ2) is 4.58. The molecule has 0 aliphatic heterocycles. The van der Waals surface area contributed by atoms with Gasteiger partial charge in [0.2, 0.25) is 0 Å². The van der Waals surface area contributed by atoms with Crippen molar-refractivity contribution in [2.45, 2.75) is 19.4 Å². The maximum Gasteiger partial charge on any atom is 0.150 e. The molecule has 0 spiro atoms. The van der Waals surface area contributed by atoms with Crippen LogP contribution in [0.1, 0.15) is 23.2 Å². The number of aldehydes is 1. The minimum Gasteiger partial charge on any atom is -0.298 e. The van der Waals surface area contributed by atoms with E-state index in [9.17, 15) is 4.79 Å². The van der Waals surface area contributed by atoms with Gasteiger partial charge in [0.05, 0.1) is 6.20 Å². The number of benzene rings is 1. The third kappa shape index (κ3) is 2.31. The molecule has 3 nitrogen and oxygen atoms in total. The molecule has 2 aromatic rings. The quantitative estimate of drug-likeness (QED) is 0.790. The van der Waals surface area contributed by atoms with Crippen LogP contribution in [0.2, 0.25) is 5.02 Å². The van der Waals surface area contributed by atoms with Crippen molar-refractivity contribution in [2.75, 3.05) is 0 Å². The van der Waals surface area contributed by atoms with Crippen LogP contribution in [-0.2, 0) is 6.54 Å². The number of nitrogens with zero attached hydrogens (tertiary/aromatic N) is 2. The highest BCUT2D eigenvalue weighted by Crippen LogP contribution is 2.31. The molecule has 1 saturated carbocycles. The van der Waals surface area contributed by atoms with Crippen molar-refractivity contribution in [1.82, 2.24) is 9.78 Å². The van der Waals surface area contributed by atoms with E-state index in [0.717, 1.165) is 29.9 Å². The second-order valence-electron chi connectivity index (χ2n) is 4.74. The summed E-state index contributed by atoms with van der Waals surface area (Å²) in [7, 11) is 0. The Labute approximate surface area is 110 Å². The summed E-state index contributed by atoms with van der Waals surface area (Å²) in [5, 5.41) is 4.97. The van der Waals surface area contributed by atoms with Crippen molar-refractivity contribution in [3.8, 4) is 11.1 Å². The van der Waals surface area contributed by atoms with Gasteiger partial charge in [0.25, 0.3) is 0 Å². The fourth-order valence-electron chi connectivity index (χ4n) is 2.05. The lowest BCUT2D eigenvalue weighted by Crippen LogP contribution is -1.99. The van der Waals surface area contributed by atoms with Gasteiger partial charge in [-0.2, -0.15) is 5.10 Å². The normalized spacial score (nSPS) is 14.7. The Balaban J connectivity index is 1.94. The van der Waals surface area contributed by atoms with E-state index in [0.29, 0.717) is 10.6 Å². The van der Waals surface area contributed by atoms with Crippen LogP contribution in [0.3, 0.4) is 0 Å². The van der Waals surface area contributed by atoms with E-state index in [1.807, 2.05) is 16.9 Å². The molecule has 4 heteroatoms. The van der Waals surface area contributed by atoms with Gasteiger partial charge in [-0.15, -0.1) is 0 Å². The molecule has 0 amide bonds. The van der Waals surface area contributed by atoms with Crippen molar-refractivity contribution >= 4 is 17.9 Å². The molecule has 1 heterocycles. The summed E-state index contributed by atoms with van der Waals surface area (Å²) in [6.45, 7) is 0.969. The Morgan fingerprint density at radius 2 is 2.28 bits per heavy atom. The molecule has 92 valence electrons. The molecule has 0 atom stereocenters. The molecular formula is C14H13ClN2O. The summed E-state index contributed by atoms with van der Waals surface area (Å²) in [6, 6.07) is 5.27. The lowest BCUT2D eigenvalue weighted by Gasteiger charge is -2.02. The summed E-state index contributed by atoms with van der Waals surface area (Å²) in [4.78, 5) is 11.0. The Bertz CT molecular complexity index is 587. The van der Waals surface area contributed by atoms with Gasteiger partial charge in [-0.3, -0.25) is 9.48 Å². The average Bonchev–Trinajstić information content (AvgIpc) is 3.05. The number of hydrogen-bond donors (Lipinski definition) is 0. The largest absolute Gasteiger partial charge is 0.298 e. The van der Waals surface area contributed by atoms with Gasteiger partial charge in [0.1, 0.15) is 0 Å². The lowest BCUT2D eigenvalue weighted by atomic mass is 10.0. The van der Waals surface area contributed by atoms with Gasteiger partial charge >= 0.3 is 0 Å². The topological polar surface area (TPSA) is 34.9 Å². The molecule has 0 bridgehead atoms. The zero-order valence-electron chi connectivity index (χ0n) is 9.84. The average molecular weight is 261 g/mol. The van der Waals surface area contributed by atoms with Gasteiger partial charge in [0.15, 0.2) is 6.29 Å². The van der Waals surface area contributed by atoms with Crippen molar-refractivity contribution < 1.29 is 4.79 Å². The molecule has 3 rings (SSSR count). The Kier molecular flexibility index (Phi) is 2.92. The van der Waals surface area contributed by atoms with E-state index in [1.54, 1.807) is 18.3 Å². The third-order valence-corrected chi connectivity index (χ3v) is 3.46. The maximum atomic E-state index is 11.0. The smallest absolute Gasteiger partial charge is 0.150 e. The first-order chi connectivity index (χ1) is 8.76. The molecule has 0 radical (unpaired) electrons. The Morgan fingerprint density at radius 3 is 3.00 bits per heavy atom. The van der Waals surface area contributed by atoms with Crippen LogP contribution in [0.4, 0.5) is 0 Å². The molecule has 0 unspecified atom stereocenters. The van der Waals surface area contributed by atoms with E-state index in [4.69, 9.17) is 11.6 Å². The highest BCUT2D eigenvalue weighted by molar-refractivity contribution is 6.31. The van der Waals surface area contributed by atoms with Crippen LogP contribution in [0.15, 0.2) is 30.6 Å². The first-order valence-electron chi connectivity index (χ1n) is 6.04. The van der Waals surface area contributed by atoms with Gasteiger partial charge < -0.3 is 0 Å². The van der Waals surface area contributed by atoms with E-state index >= 15 is 0 Å². The van der Waals surface area contributed by atoms with Gasteiger partial charge in [-0.25, -0.2) is 0 Å². The first kappa shape index (κ1) is 11.5. The monoisotopic (exact) mass is 260 g/mol. The van der Waals surface area contributed by atoms with Crippen LogP contribution in [0.25, 0.3) is 11.1 Å². The van der Waals surface area contributed by atoms with Crippen LogP contribution >= 0.6 is 11.6 Å².